The molecule has 0 atom stereocenters. The molecule has 3 nitrogen and oxygen atoms in total. The molecule has 2 N–H and O–H groups in total. The molecule has 0 aromatic carbocycles. The van der Waals surface area contributed by atoms with Gasteiger partial charge in [-0.25, -0.2) is 0 Å². The van der Waals surface area contributed by atoms with Crippen molar-refractivity contribution in [3.63, 3.8) is 0 Å². The van der Waals surface area contributed by atoms with E-state index in [4.69, 9.17) is 5.73 Å². The zero-order valence-corrected chi connectivity index (χ0v) is 5.66. The van der Waals surface area contributed by atoms with Crippen LogP contribution in [0.2, 0.25) is 0 Å². The SMILES string of the molecule is NC(=O)CN1C=CC=CC1. The molecule has 0 aliphatic carbocycles. The van der Waals surface area contributed by atoms with E-state index < -0.39 is 0 Å². The largest absolute Gasteiger partial charge is 0.368 e. The molecule has 0 bridgehead atoms. The summed E-state index contributed by atoms with van der Waals surface area (Å²) in [5, 5.41) is 0. The average Bonchev–Trinajstić information content (AvgIpc) is 1.88. The number of amides is 1. The van der Waals surface area contributed by atoms with Crippen molar-refractivity contribution < 1.29 is 4.79 Å². The maximum Gasteiger partial charge on any atom is 0.236 e. The van der Waals surface area contributed by atoms with Crippen molar-refractivity contribution in [1.29, 1.82) is 0 Å². The molecule has 0 aromatic heterocycles. The van der Waals surface area contributed by atoms with Crippen LogP contribution in [0.25, 0.3) is 0 Å². The maximum absolute atomic E-state index is 10.4. The highest BCUT2D eigenvalue weighted by Gasteiger charge is 2.01. The lowest BCUT2D eigenvalue weighted by atomic mass is 10.3. The van der Waals surface area contributed by atoms with Gasteiger partial charge >= 0.3 is 0 Å². The van der Waals surface area contributed by atoms with Gasteiger partial charge in [0.15, 0.2) is 0 Å². The average molecular weight is 138 g/mol. The molecule has 0 saturated heterocycles. The molecule has 1 rings (SSSR count). The van der Waals surface area contributed by atoms with E-state index in [9.17, 15) is 4.79 Å². The molecule has 0 aromatic rings. The van der Waals surface area contributed by atoms with E-state index in [0.29, 0.717) is 6.54 Å². The van der Waals surface area contributed by atoms with Crippen molar-refractivity contribution in [2.45, 2.75) is 0 Å². The summed E-state index contributed by atoms with van der Waals surface area (Å²) in [7, 11) is 0. The highest BCUT2D eigenvalue weighted by Crippen LogP contribution is 1.96. The van der Waals surface area contributed by atoms with Crippen LogP contribution < -0.4 is 5.73 Å². The van der Waals surface area contributed by atoms with Crippen LogP contribution in [-0.4, -0.2) is 23.9 Å². The van der Waals surface area contributed by atoms with Gasteiger partial charge in [0.1, 0.15) is 0 Å². The summed E-state index contributed by atoms with van der Waals surface area (Å²) in [6.07, 6.45) is 7.65. The molecule has 0 unspecified atom stereocenters. The Morgan fingerprint density at radius 2 is 2.40 bits per heavy atom. The first-order valence-electron chi connectivity index (χ1n) is 3.15. The molecule has 3 heteroatoms. The number of rotatable bonds is 2. The van der Waals surface area contributed by atoms with Gasteiger partial charge in [0.05, 0.1) is 6.54 Å². The van der Waals surface area contributed by atoms with E-state index in [1.165, 1.54) is 0 Å². The lowest BCUT2D eigenvalue weighted by Gasteiger charge is -2.17. The number of hydrogen-bond donors (Lipinski definition) is 1. The van der Waals surface area contributed by atoms with Gasteiger partial charge < -0.3 is 10.6 Å². The van der Waals surface area contributed by atoms with Gasteiger partial charge in [-0.15, -0.1) is 0 Å². The molecule has 0 spiro atoms. The molecular formula is C7H10N2O. The van der Waals surface area contributed by atoms with Gasteiger partial charge in [-0.05, 0) is 12.3 Å². The molecule has 0 saturated carbocycles. The van der Waals surface area contributed by atoms with Crippen molar-refractivity contribution in [3.8, 4) is 0 Å². The van der Waals surface area contributed by atoms with E-state index in [0.717, 1.165) is 6.54 Å². The summed E-state index contributed by atoms with van der Waals surface area (Å²) in [6.45, 7) is 1.08. The van der Waals surface area contributed by atoms with Gasteiger partial charge in [0.2, 0.25) is 5.91 Å². The normalized spacial score (nSPS) is 15.8. The van der Waals surface area contributed by atoms with E-state index in [2.05, 4.69) is 0 Å². The third-order valence-electron chi connectivity index (χ3n) is 1.24. The zero-order chi connectivity index (χ0) is 7.40. The van der Waals surface area contributed by atoms with Gasteiger partial charge in [-0.2, -0.15) is 0 Å². The van der Waals surface area contributed by atoms with Gasteiger partial charge in [-0.3, -0.25) is 4.79 Å². The van der Waals surface area contributed by atoms with Crippen LogP contribution in [-0.2, 0) is 4.79 Å². The van der Waals surface area contributed by atoms with Crippen LogP contribution >= 0.6 is 0 Å². The van der Waals surface area contributed by atoms with Crippen molar-refractivity contribution in [1.82, 2.24) is 4.90 Å². The molecular weight excluding hydrogens is 128 g/mol. The van der Waals surface area contributed by atoms with Crippen molar-refractivity contribution in [2.24, 2.45) is 5.73 Å². The lowest BCUT2D eigenvalue weighted by molar-refractivity contribution is -0.118. The Bertz CT molecular complexity index is 184. The zero-order valence-electron chi connectivity index (χ0n) is 5.66. The molecule has 54 valence electrons. The molecule has 1 heterocycles. The lowest BCUT2D eigenvalue weighted by Crippen LogP contribution is -2.30. The van der Waals surface area contributed by atoms with Crippen LogP contribution in [0.4, 0.5) is 0 Å². The minimum atomic E-state index is -0.292. The minimum Gasteiger partial charge on any atom is -0.368 e. The summed E-state index contributed by atoms with van der Waals surface area (Å²) in [4.78, 5) is 12.2. The van der Waals surface area contributed by atoms with Crippen LogP contribution in [0.5, 0.6) is 0 Å². The fourth-order valence-corrected chi connectivity index (χ4v) is 0.825. The first-order valence-corrected chi connectivity index (χ1v) is 3.15. The first kappa shape index (κ1) is 6.86. The quantitative estimate of drug-likeness (QED) is 0.577. The smallest absolute Gasteiger partial charge is 0.236 e. The molecule has 0 fully saturated rings. The second-order valence-corrected chi connectivity index (χ2v) is 2.17. The van der Waals surface area contributed by atoms with Crippen molar-refractivity contribution in [2.75, 3.05) is 13.1 Å². The number of nitrogens with two attached hydrogens (primary N) is 1. The Kier molecular flexibility index (Phi) is 2.10. The van der Waals surface area contributed by atoms with Crippen LogP contribution in [0.3, 0.4) is 0 Å². The second kappa shape index (κ2) is 3.06. The van der Waals surface area contributed by atoms with Gasteiger partial charge in [0, 0.05) is 6.54 Å². The topological polar surface area (TPSA) is 46.3 Å². The third kappa shape index (κ3) is 1.93. The summed E-state index contributed by atoms with van der Waals surface area (Å²) in [6, 6.07) is 0. The summed E-state index contributed by atoms with van der Waals surface area (Å²) >= 11 is 0. The molecule has 1 aliphatic rings. The fraction of sp³-hybridized carbons (Fsp3) is 0.286. The molecule has 1 amide bonds. The van der Waals surface area contributed by atoms with Crippen molar-refractivity contribution in [3.05, 3.63) is 24.4 Å². The standard InChI is InChI=1S/C7H10N2O/c8-7(10)6-9-4-2-1-3-5-9/h1-4H,5-6H2,(H2,8,10). The number of nitrogens with zero attached hydrogens (tertiary/aromatic N) is 1. The van der Waals surface area contributed by atoms with E-state index in [-0.39, 0.29) is 5.91 Å². The molecule has 10 heavy (non-hydrogen) atoms. The number of carbonyl (C=O) groups is 1. The number of allylic oxidation sites excluding steroid dienone is 2. The highest BCUT2D eigenvalue weighted by atomic mass is 16.1. The Morgan fingerprint density at radius 3 is 2.90 bits per heavy atom. The Hall–Kier alpha value is -1.25. The van der Waals surface area contributed by atoms with E-state index in [1.807, 2.05) is 29.3 Å². The third-order valence-corrected chi connectivity index (χ3v) is 1.24. The number of primary amides is 1. The minimum absolute atomic E-state index is 0.292. The highest BCUT2D eigenvalue weighted by molar-refractivity contribution is 5.76. The van der Waals surface area contributed by atoms with E-state index >= 15 is 0 Å². The Balaban J connectivity index is 2.37. The summed E-state index contributed by atoms with van der Waals surface area (Å²) in [5.74, 6) is -0.292. The van der Waals surface area contributed by atoms with Crippen molar-refractivity contribution >= 4 is 5.91 Å². The maximum atomic E-state index is 10.4. The number of carbonyl (C=O) groups excluding carboxylic acids is 1. The summed E-state index contributed by atoms with van der Waals surface area (Å²) < 4.78 is 0. The van der Waals surface area contributed by atoms with Crippen LogP contribution in [0, 0.1) is 0 Å². The second-order valence-electron chi connectivity index (χ2n) is 2.17. The Morgan fingerprint density at radius 1 is 1.60 bits per heavy atom. The number of hydrogen-bond acceptors (Lipinski definition) is 2. The predicted molar refractivity (Wildman–Crippen MR) is 39.0 cm³/mol. The molecule has 0 radical (unpaired) electrons. The first-order chi connectivity index (χ1) is 4.79. The van der Waals surface area contributed by atoms with E-state index in [1.54, 1.807) is 0 Å². The van der Waals surface area contributed by atoms with Gasteiger partial charge in [0.25, 0.3) is 0 Å². The monoisotopic (exact) mass is 138 g/mol. The predicted octanol–water partition coefficient (Wildman–Crippen LogP) is -0.143. The fourth-order valence-electron chi connectivity index (χ4n) is 0.825. The molecule has 1 aliphatic heterocycles. The van der Waals surface area contributed by atoms with Gasteiger partial charge in [-0.1, -0.05) is 12.2 Å². The van der Waals surface area contributed by atoms with Crippen LogP contribution in [0.1, 0.15) is 0 Å². The summed E-state index contributed by atoms with van der Waals surface area (Å²) in [5.41, 5.74) is 4.98. The van der Waals surface area contributed by atoms with Crippen LogP contribution in [0.15, 0.2) is 24.4 Å². The Labute approximate surface area is 59.8 Å².